The molecule has 0 N–H and O–H groups in total. The number of hydrogen-bond donors (Lipinski definition) is 0. The van der Waals surface area contributed by atoms with Crippen molar-refractivity contribution in [2.45, 2.75) is 57.7 Å². The summed E-state index contributed by atoms with van der Waals surface area (Å²) in [5.41, 5.74) is 1.38. The number of carbonyl (C=O) groups is 1. The Morgan fingerprint density at radius 1 is 1.10 bits per heavy atom. The minimum absolute atomic E-state index is 0.337. The molecule has 0 saturated carbocycles. The Labute approximate surface area is 127 Å². The van der Waals surface area contributed by atoms with Crippen LogP contribution in [-0.2, 0) is 11.3 Å². The van der Waals surface area contributed by atoms with Crippen LogP contribution >= 0.6 is 0 Å². The molecule has 114 valence electrons. The lowest BCUT2D eigenvalue weighted by Gasteiger charge is -2.35. The molecule has 0 aromatic heterocycles. The summed E-state index contributed by atoms with van der Waals surface area (Å²) in [6, 6.07) is 11.7. The highest BCUT2D eigenvalue weighted by Crippen LogP contribution is 2.31. The van der Waals surface area contributed by atoms with Gasteiger partial charge in [-0.1, -0.05) is 37.3 Å². The molecule has 1 amide bonds. The Balaban J connectivity index is 1.70. The summed E-state index contributed by atoms with van der Waals surface area (Å²) in [7, 11) is 0. The first kappa shape index (κ1) is 14.6. The van der Waals surface area contributed by atoms with Gasteiger partial charge in [0.25, 0.3) is 0 Å². The van der Waals surface area contributed by atoms with Crippen molar-refractivity contribution in [2.24, 2.45) is 0 Å². The zero-order valence-corrected chi connectivity index (χ0v) is 13.0. The number of carbonyl (C=O) groups excluding carboxylic acids is 1. The van der Waals surface area contributed by atoms with Gasteiger partial charge in [-0.25, -0.2) is 0 Å². The molecule has 2 saturated heterocycles. The van der Waals surface area contributed by atoms with Crippen molar-refractivity contribution in [1.82, 2.24) is 9.80 Å². The van der Waals surface area contributed by atoms with Crippen LogP contribution in [0, 0.1) is 0 Å². The van der Waals surface area contributed by atoms with E-state index in [0.29, 0.717) is 24.4 Å². The van der Waals surface area contributed by atoms with Crippen LogP contribution in [0.2, 0.25) is 0 Å². The Bertz CT molecular complexity index is 473. The normalized spacial score (nSPS) is 26.4. The molecule has 3 heteroatoms. The quantitative estimate of drug-likeness (QED) is 0.849. The van der Waals surface area contributed by atoms with Gasteiger partial charge in [-0.3, -0.25) is 9.69 Å². The zero-order chi connectivity index (χ0) is 14.7. The molecular formula is C18H26N2O. The number of benzene rings is 1. The van der Waals surface area contributed by atoms with E-state index >= 15 is 0 Å². The van der Waals surface area contributed by atoms with Crippen LogP contribution < -0.4 is 0 Å². The molecule has 2 unspecified atom stereocenters. The molecule has 21 heavy (non-hydrogen) atoms. The maximum absolute atomic E-state index is 12.2. The van der Waals surface area contributed by atoms with Gasteiger partial charge < -0.3 is 4.90 Å². The van der Waals surface area contributed by atoms with E-state index in [2.05, 4.69) is 40.1 Å². The Morgan fingerprint density at radius 2 is 1.81 bits per heavy atom. The molecule has 2 aliphatic heterocycles. The monoisotopic (exact) mass is 286 g/mol. The van der Waals surface area contributed by atoms with Gasteiger partial charge in [-0.15, -0.1) is 0 Å². The van der Waals surface area contributed by atoms with E-state index in [4.69, 9.17) is 0 Å². The van der Waals surface area contributed by atoms with E-state index in [0.717, 1.165) is 13.1 Å². The summed E-state index contributed by atoms with van der Waals surface area (Å²) in [6.07, 6.45) is 5.50. The molecule has 1 aromatic carbocycles. The van der Waals surface area contributed by atoms with E-state index < -0.39 is 0 Å². The Kier molecular flexibility index (Phi) is 4.59. The topological polar surface area (TPSA) is 23.6 Å². The molecule has 2 aliphatic rings. The van der Waals surface area contributed by atoms with E-state index in [1.165, 1.54) is 37.8 Å². The third-order valence-corrected chi connectivity index (χ3v) is 5.01. The van der Waals surface area contributed by atoms with Crippen LogP contribution in [0.1, 0.15) is 44.6 Å². The molecule has 2 atom stereocenters. The van der Waals surface area contributed by atoms with Gasteiger partial charge in [0.05, 0.1) is 0 Å². The van der Waals surface area contributed by atoms with E-state index in [1.54, 1.807) is 0 Å². The number of amides is 1. The van der Waals surface area contributed by atoms with Crippen LogP contribution in [0.15, 0.2) is 30.3 Å². The summed E-state index contributed by atoms with van der Waals surface area (Å²) < 4.78 is 0. The van der Waals surface area contributed by atoms with Gasteiger partial charge >= 0.3 is 0 Å². The standard InChI is InChI=1S/C18H26N2O/c1-2-18(21)20-13-7-11-17(20)16-10-6-12-19(16)14-15-8-4-3-5-9-15/h3-5,8-9,16-17H,2,6-7,10-14H2,1H3. The molecule has 2 heterocycles. The van der Waals surface area contributed by atoms with E-state index in [1.807, 2.05) is 6.92 Å². The third kappa shape index (κ3) is 3.13. The molecule has 0 aliphatic carbocycles. The van der Waals surface area contributed by atoms with Gasteiger partial charge in [0, 0.05) is 31.6 Å². The largest absolute Gasteiger partial charge is 0.338 e. The fourth-order valence-corrected chi connectivity index (χ4v) is 4.01. The fourth-order valence-electron chi connectivity index (χ4n) is 4.01. The molecule has 0 radical (unpaired) electrons. The average molecular weight is 286 g/mol. The van der Waals surface area contributed by atoms with Gasteiger partial charge in [0.15, 0.2) is 0 Å². The lowest BCUT2D eigenvalue weighted by atomic mass is 10.0. The average Bonchev–Trinajstić information content (AvgIpc) is 3.16. The SMILES string of the molecule is CCC(=O)N1CCCC1C1CCCN1Cc1ccccc1. The molecule has 1 aromatic rings. The second-order valence-corrected chi connectivity index (χ2v) is 6.32. The smallest absolute Gasteiger partial charge is 0.222 e. The van der Waals surface area contributed by atoms with Crippen molar-refractivity contribution < 1.29 is 4.79 Å². The highest BCUT2D eigenvalue weighted by molar-refractivity contribution is 5.76. The maximum atomic E-state index is 12.2. The van der Waals surface area contributed by atoms with Crippen molar-refractivity contribution >= 4 is 5.91 Å². The number of likely N-dealkylation sites (tertiary alicyclic amines) is 2. The fraction of sp³-hybridized carbons (Fsp3) is 0.611. The van der Waals surface area contributed by atoms with Crippen LogP contribution in [0.5, 0.6) is 0 Å². The van der Waals surface area contributed by atoms with Gasteiger partial charge in [0.1, 0.15) is 0 Å². The molecule has 3 nitrogen and oxygen atoms in total. The lowest BCUT2D eigenvalue weighted by molar-refractivity contribution is -0.132. The first-order valence-electron chi connectivity index (χ1n) is 8.37. The predicted octanol–water partition coefficient (Wildman–Crippen LogP) is 3.05. The van der Waals surface area contributed by atoms with Crippen molar-refractivity contribution in [3.63, 3.8) is 0 Å². The second kappa shape index (κ2) is 6.61. The molecule has 2 fully saturated rings. The summed E-state index contributed by atoms with van der Waals surface area (Å²) in [5.74, 6) is 0.337. The van der Waals surface area contributed by atoms with Gasteiger partial charge in [-0.2, -0.15) is 0 Å². The molecule has 3 rings (SSSR count). The maximum Gasteiger partial charge on any atom is 0.222 e. The van der Waals surface area contributed by atoms with Crippen molar-refractivity contribution in [3.05, 3.63) is 35.9 Å². The number of hydrogen-bond acceptors (Lipinski definition) is 2. The zero-order valence-electron chi connectivity index (χ0n) is 13.0. The third-order valence-electron chi connectivity index (χ3n) is 5.01. The molecule has 0 bridgehead atoms. The second-order valence-electron chi connectivity index (χ2n) is 6.32. The van der Waals surface area contributed by atoms with Crippen LogP contribution in [0.3, 0.4) is 0 Å². The predicted molar refractivity (Wildman–Crippen MR) is 84.9 cm³/mol. The van der Waals surface area contributed by atoms with Gasteiger partial charge in [0.2, 0.25) is 5.91 Å². The molecule has 0 spiro atoms. The molecular weight excluding hydrogens is 260 g/mol. The summed E-state index contributed by atoms with van der Waals surface area (Å²) in [4.78, 5) is 16.9. The van der Waals surface area contributed by atoms with Crippen LogP contribution in [0.4, 0.5) is 0 Å². The van der Waals surface area contributed by atoms with Crippen molar-refractivity contribution in [2.75, 3.05) is 13.1 Å². The van der Waals surface area contributed by atoms with Crippen molar-refractivity contribution in [3.8, 4) is 0 Å². The Hall–Kier alpha value is -1.35. The van der Waals surface area contributed by atoms with E-state index in [9.17, 15) is 4.79 Å². The summed E-state index contributed by atoms with van der Waals surface area (Å²) >= 11 is 0. The highest BCUT2D eigenvalue weighted by atomic mass is 16.2. The van der Waals surface area contributed by atoms with Crippen molar-refractivity contribution in [1.29, 1.82) is 0 Å². The van der Waals surface area contributed by atoms with E-state index in [-0.39, 0.29) is 0 Å². The first-order valence-corrected chi connectivity index (χ1v) is 8.37. The van der Waals surface area contributed by atoms with Gasteiger partial charge in [-0.05, 0) is 37.8 Å². The van der Waals surface area contributed by atoms with Crippen LogP contribution in [-0.4, -0.2) is 40.9 Å². The minimum Gasteiger partial charge on any atom is -0.338 e. The summed E-state index contributed by atoms with van der Waals surface area (Å²) in [6.45, 7) is 5.14. The summed E-state index contributed by atoms with van der Waals surface area (Å²) in [5, 5.41) is 0. The van der Waals surface area contributed by atoms with Crippen LogP contribution in [0.25, 0.3) is 0 Å². The minimum atomic E-state index is 0.337. The number of nitrogens with zero attached hydrogens (tertiary/aromatic N) is 2. The Morgan fingerprint density at radius 3 is 2.57 bits per heavy atom. The lowest BCUT2D eigenvalue weighted by Crippen LogP contribution is -2.47. The number of rotatable bonds is 4. The highest BCUT2D eigenvalue weighted by Gasteiger charge is 2.38. The first-order chi connectivity index (χ1) is 10.3.